The van der Waals surface area contributed by atoms with E-state index in [0.29, 0.717) is 0 Å². The number of fused-ring (bicyclic) bond motifs is 1. The summed E-state index contributed by atoms with van der Waals surface area (Å²) in [6, 6.07) is 10.6. The summed E-state index contributed by atoms with van der Waals surface area (Å²) in [6.07, 6.45) is 1.80. The fourth-order valence-corrected chi connectivity index (χ4v) is 3.76. The Bertz CT molecular complexity index is 574. The summed E-state index contributed by atoms with van der Waals surface area (Å²) in [7, 11) is 0. The number of likely N-dealkylation sites (tertiary alicyclic amines) is 1. The molecule has 1 aliphatic rings. The van der Waals surface area contributed by atoms with E-state index in [1.54, 1.807) is 11.3 Å². The number of hydrogen-bond acceptors (Lipinski definition) is 3. The van der Waals surface area contributed by atoms with Crippen LogP contribution in [0, 0.1) is 0 Å². The van der Waals surface area contributed by atoms with Crippen molar-refractivity contribution in [1.29, 1.82) is 0 Å². The van der Waals surface area contributed by atoms with Crippen molar-refractivity contribution in [2.75, 3.05) is 6.54 Å². The normalized spacial score (nSPS) is 23.8. The SMILES string of the molecule is CC1CC(N)CCN1C(=O)c1cc2ccccc2s1. The molecule has 2 aromatic rings. The summed E-state index contributed by atoms with van der Waals surface area (Å²) in [6.45, 7) is 2.86. The zero-order chi connectivity index (χ0) is 13.4. The maximum Gasteiger partial charge on any atom is 0.264 e. The molecule has 0 spiro atoms. The van der Waals surface area contributed by atoms with Crippen molar-refractivity contribution in [2.24, 2.45) is 5.73 Å². The predicted molar refractivity (Wildman–Crippen MR) is 79.5 cm³/mol. The second kappa shape index (κ2) is 4.94. The molecule has 0 bridgehead atoms. The van der Waals surface area contributed by atoms with Gasteiger partial charge in [0.1, 0.15) is 0 Å². The lowest BCUT2D eigenvalue weighted by Crippen LogP contribution is -2.48. The van der Waals surface area contributed by atoms with Gasteiger partial charge in [0.2, 0.25) is 0 Å². The third-order valence-electron chi connectivity index (χ3n) is 3.81. The maximum absolute atomic E-state index is 12.6. The Morgan fingerprint density at radius 1 is 1.42 bits per heavy atom. The van der Waals surface area contributed by atoms with E-state index < -0.39 is 0 Å². The van der Waals surface area contributed by atoms with E-state index in [1.807, 2.05) is 23.1 Å². The van der Waals surface area contributed by atoms with Gasteiger partial charge in [0, 0.05) is 23.3 Å². The van der Waals surface area contributed by atoms with Crippen LogP contribution in [0.1, 0.15) is 29.4 Å². The predicted octanol–water partition coefficient (Wildman–Crippen LogP) is 2.85. The molecule has 100 valence electrons. The molecule has 1 saturated heterocycles. The topological polar surface area (TPSA) is 46.3 Å². The Morgan fingerprint density at radius 2 is 2.21 bits per heavy atom. The number of thiophene rings is 1. The molecule has 4 heteroatoms. The zero-order valence-corrected chi connectivity index (χ0v) is 11.8. The number of piperidine rings is 1. The Labute approximate surface area is 117 Å². The second-order valence-electron chi connectivity index (χ2n) is 5.28. The fourth-order valence-electron chi connectivity index (χ4n) is 2.74. The number of amides is 1. The number of benzene rings is 1. The van der Waals surface area contributed by atoms with Crippen LogP contribution in [-0.2, 0) is 0 Å². The van der Waals surface area contributed by atoms with Gasteiger partial charge in [-0.05, 0) is 37.3 Å². The molecule has 19 heavy (non-hydrogen) atoms. The second-order valence-corrected chi connectivity index (χ2v) is 6.36. The summed E-state index contributed by atoms with van der Waals surface area (Å²) < 4.78 is 1.17. The highest BCUT2D eigenvalue weighted by molar-refractivity contribution is 7.20. The van der Waals surface area contributed by atoms with Crippen LogP contribution < -0.4 is 5.73 Å². The van der Waals surface area contributed by atoms with Crippen LogP contribution in [0.25, 0.3) is 10.1 Å². The van der Waals surface area contributed by atoms with E-state index in [4.69, 9.17) is 5.73 Å². The number of nitrogens with two attached hydrogens (primary N) is 1. The first-order chi connectivity index (χ1) is 9.15. The van der Waals surface area contributed by atoms with Gasteiger partial charge >= 0.3 is 0 Å². The fraction of sp³-hybridized carbons (Fsp3) is 0.400. The molecule has 3 nitrogen and oxygen atoms in total. The summed E-state index contributed by atoms with van der Waals surface area (Å²) in [5.74, 6) is 0.153. The van der Waals surface area contributed by atoms with Crippen LogP contribution in [0.3, 0.4) is 0 Å². The smallest absolute Gasteiger partial charge is 0.264 e. The lowest BCUT2D eigenvalue weighted by atomic mass is 9.99. The van der Waals surface area contributed by atoms with Gasteiger partial charge in [-0.15, -0.1) is 11.3 Å². The van der Waals surface area contributed by atoms with Crippen molar-refractivity contribution in [1.82, 2.24) is 4.90 Å². The van der Waals surface area contributed by atoms with Gasteiger partial charge in [0.05, 0.1) is 4.88 Å². The van der Waals surface area contributed by atoms with Gasteiger partial charge in [-0.3, -0.25) is 4.79 Å². The quantitative estimate of drug-likeness (QED) is 0.869. The largest absolute Gasteiger partial charge is 0.335 e. The minimum atomic E-state index is 0.153. The molecule has 1 aliphatic heterocycles. The minimum Gasteiger partial charge on any atom is -0.335 e. The molecule has 0 aliphatic carbocycles. The van der Waals surface area contributed by atoms with E-state index in [2.05, 4.69) is 19.1 Å². The summed E-state index contributed by atoms with van der Waals surface area (Å²) in [4.78, 5) is 15.4. The first-order valence-electron chi connectivity index (χ1n) is 6.70. The number of rotatable bonds is 1. The van der Waals surface area contributed by atoms with Crippen LogP contribution in [0.15, 0.2) is 30.3 Å². The van der Waals surface area contributed by atoms with Crippen molar-refractivity contribution in [3.8, 4) is 0 Å². The van der Waals surface area contributed by atoms with Gasteiger partial charge < -0.3 is 10.6 Å². The number of nitrogens with zero attached hydrogens (tertiary/aromatic N) is 1. The lowest BCUT2D eigenvalue weighted by molar-refractivity contribution is 0.0624. The van der Waals surface area contributed by atoms with Gasteiger partial charge in [0.25, 0.3) is 5.91 Å². The number of carbonyl (C=O) groups is 1. The zero-order valence-electron chi connectivity index (χ0n) is 11.0. The van der Waals surface area contributed by atoms with Gasteiger partial charge in [-0.1, -0.05) is 18.2 Å². The highest BCUT2D eigenvalue weighted by atomic mass is 32.1. The molecule has 1 amide bonds. The van der Waals surface area contributed by atoms with Crippen LogP contribution in [-0.4, -0.2) is 29.4 Å². The molecule has 3 rings (SSSR count). The maximum atomic E-state index is 12.6. The van der Waals surface area contributed by atoms with Crippen LogP contribution in [0.5, 0.6) is 0 Å². The highest BCUT2D eigenvalue weighted by Crippen LogP contribution is 2.28. The Hall–Kier alpha value is -1.39. The molecule has 1 fully saturated rings. The van der Waals surface area contributed by atoms with E-state index in [-0.39, 0.29) is 18.0 Å². The van der Waals surface area contributed by atoms with Crippen molar-refractivity contribution >= 4 is 27.3 Å². The van der Waals surface area contributed by atoms with Crippen LogP contribution >= 0.6 is 11.3 Å². The lowest BCUT2D eigenvalue weighted by Gasteiger charge is -2.36. The van der Waals surface area contributed by atoms with Gasteiger partial charge in [-0.25, -0.2) is 0 Å². The molecule has 2 unspecified atom stereocenters. The van der Waals surface area contributed by atoms with Crippen molar-refractivity contribution in [2.45, 2.75) is 31.8 Å². The number of hydrogen-bond donors (Lipinski definition) is 1. The first-order valence-corrected chi connectivity index (χ1v) is 7.52. The molecule has 1 aromatic heterocycles. The third-order valence-corrected chi connectivity index (χ3v) is 4.92. The summed E-state index contributed by atoms with van der Waals surface area (Å²) >= 11 is 1.58. The minimum absolute atomic E-state index is 0.153. The highest BCUT2D eigenvalue weighted by Gasteiger charge is 2.28. The van der Waals surface area contributed by atoms with Crippen LogP contribution in [0.2, 0.25) is 0 Å². The standard InChI is InChI=1S/C15H18N2OS/c1-10-8-12(16)6-7-17(10)15(18)14-9-11-4-2-3-5-13(11)19-14/h2-5,9-10,12H,6-8,16H2,1H3. The first kappa shape index (κ1) is 12.6. The van der Waals surface area contributed by atoms with Crippen molar-refractivity contribution in [3.63, 3.8) is 0 Å². The Kier molecular flexibility index (Phi) is 3.29. The van der Waals surface area contributed by atoms with E-state index >= 15 is 0 Å². The summed E-state index contributed by atoms with van der Waals surface area (Å²) in [5, 5.41) is 1.15. The van der Waals surface area contributed by atoms with Crippen molar-refractivity contribution in [3.05, 3.63) is 35.2 Å². The van der Waals surface area contributed by atoms with E-state index in [0.717, 1.165) is 29.6 Å². The Balaban J connectivity index is 1.87. The van der Waals surface area contributed by atoms with Gasteiger partial charge in [-0.2, -0.15) is 0 Å². The third kappa shape index (κ3) is 2.38. The molecular formula is C15H18N2OS. The Morgan fingerprint density at radius 3 is 2.95 bits per heavy atom. The molecule has 0 saturated carbocycles. The number of carbonyl (C=O) groups excluding carboxylic acids is 1. The molecule has 0 radical (unpaired) electrons. The molecule has 2 heterocycles. The average molecular weight is 274 g/mol. The van der Waals surface area contributed by atoms with E-state index in [9.17, 15) is 4.79 Å². The molecule has 2 atom stereocenters. The average Bonchev–Trinajstić information content (AvgIpc) is 2.81. The van der Waals surface area contributed by atoms with Gasteiger partial charge in [0.15, 0.2) is 0 Å². The van der Waals surface area contributed by atoms with Crippen LogP contribution in [0.4, 0.5) is 0 Å². The van der Waals surface area contributed by atoms with E-state index in [1.165, 1.54) is 4.70 Å². The monoisotopic (exact) mass is 274 g/mol. The summed E-state index contributed by atoms with van der Waals surface area (Å²) in [5.41, 5.74) is 5.95. The molecule has 1 aromatic carbocycles. The molecule has 2 N–H and O–H groups in total. The molecular weight excluding hydrogens is 256 g/mol. The van der Waals surface area contributed by atoms with Crippen molar-refractivity contribution < 1.29 is 4.79 Å².